The van der Waals surface area contributed by atoms with Crippen molar-refractivity contribution in [3.8, 4) is 0 Å². The van der Waals surface area contributed by atoms with Crippen molar-refractivity contribution < 1.29 is 0 Å². The Hall–Kier alpha value is -1.84. The number of aromatic nitrogens is 2. The summed E-state index contributed by atoms with van der Waals surface area (Å²) in [6, 6.07) is 12.8. The van der Waals surface area contributed by atoms with E-state index in [9.17, 15) is 0 Å². The lowest BCUT2D eigenvalue weighted by Gasteiger charge is -2.40. The molecular formula is C26H34ClN3. The third-order valence-corrected chi connectivity index (χ3v) is 6.98. The van der Waals surface area contributed by atoms with E-state index in [-0.39, 0.29) is 5.54 Å². The first-order valence-corrected chi connectivity index (χ1v) is 11.5. The standard InChI is InChI=1S/C26H34ClN3/c1-18-14-23-24(15-19(18)2)30(17-21-6-8-22(27)9-7-21)25(28-23)16-20-10-12-29(13-11-20)26(3,4)5/h6-9,14-15,20H,10-13,16-17H2,1-5H3. The van der Waals surface area contributed by atoms with Crippen LogP contribution in [0.3, 0.4) is 0 Å². The van der Waals surface area contributed by atoms with Crippen molar-refractivity contribution in [2.45, 2.75) is 66.0 Å². The lowest BCUT2D eigenvalue weighted by molar-refractivity contribution is 0.0869. The average Bonchev–Trinajstić information content (AvgIpc) is 3.00. The number of likely N-dealkylation sites (tertiary alicyclic amines) is 1. The Bertz CT molecular complexity index is 1020. The van der Waals surface area contributed by atoms with Gasteiger partial charge in [0.15, 0.2) is 0 Å². The highest BCUT2D eigenvalue weighted by molar-refractivity contribution is 6.30. The number of piperidine rings is 1. The van der Waals surface area contributed by atoms with Crippen LogP contribution < -0.4 is 0 Å². The number of fused-ring (bicyclic) bond motifs is 1. The molecule has 160 valence electrons. The van der Waals surface area contributed by atoms with Crippen LogP contribution in [0.2, 0.25) is 5.02 Å². The van der Waals surface area contributed by atoms with E-state index in [2.05, 4.69) is 68.4 Å². The van der Waals surface area contributed by atoms with E-state index in [1.54, 1.807) is 0 Å². The summed E-state index contributed by atoms with van der Waals surface area (Å²) < 4.78 is 2.43. The Morgan fingerprint density at radius 3 is 2.27 bits per heavy atom. The molecular weight excluding hydrogens is 390 g/mol. The summed E-state index contributed by atoms with van der Waals surface area (Å²) in [6.07, 6.45) is 3.55. The van der Waals surface area contributed by atoms with Crippen LogP contribution in [0.15, 0.2) is 36.4 Å². The fraction of sp³-hybridized carbons (Fsp3) is 0.500. The van der Waals surface area contributed by atoms with Gasteiger partial charge in [-0.05, 0) is 107 Å². The molecule has 2 heterocycles. The maximum Gasteiger partial charge on any atom is 0.110 e. The monoisotopic (exact) mass is 423 g/mol. The fourth-order valence-corrected chi connectivity index (χ4v) is 4.73. The van der Waals surface area contributed by atoms with Gasteiger partial charge in [0.05, 0.1) is 11.0 Å². The van der Waals surface area contributed by atoms with Crippen LogP contribution in [0.4, 0.5) is 0 Å². The van der Waals surface area contributed by atoms with Gasteiger partial charge in [0.1, 0.15) is 5.82 Å². The van der Waals surface area contributed by atoms with Gasteiger partial charge in [-0.1, -0.05) is 23.7 Å². The first-order chi connectivity index (χ1) is 14.2. The molecule has 0 saturated carbocycles. The lowest BCUT2D eigenvalue weighted by atomic mass is 9.90. The Balaban J connectivity index is 1.62. The van der Waals surface area contributed by atoms with E-state index >= 15 is 0 Å². The SMILES string of the molecule is Cc1cc2nc(CC3CCN(C(C)(C)C)CC3)n(Cc3ccc(Cl)cc3)c2cc1C. The molecule has 0 unspecified atom stereocenters. The molecule has 0 N–H and O–H groups in total. The third kappa shape index (κ3) is 4.58. The molecule has 4 heteroatoms. The van der Waals surface area contributed by atoms with Crippen LogP contribution in [0.1, 0.15) is 56.1 Å². The minimum atomic E-state index is 0.266. The second kappa shape index (κ2) is 8.36. The predicted molar refractivity (Wildman–Crippen MR) is 128 cm³/mol. The second-order valence-corrected chi connectivity index (χ2v) is 10.4. The first kappa shape index (κ1) is 21.4. The summed E-state index contributed by atoms with van der Waals surface area (Å²) in [7, 11) is 0. The summed E-state index contributed by atoms with van der Waals surface area (Å²) in [5, 5.41) is 0.784. The Morgan fingerprint density at radius 1 is 1.00 bits per heavy atom. The summed E-state index contributed by atoms with van der Waals surface area (Å²) in [6.45, 7) is 14.5. The number of hydrogen-bond acceptors (Lipinski definition) is 2. The molecule has 0 bridgehead atoms. The highest BCUT2D eigenvalue weighted by Crippen LogP contribution is 2.29. The molecule has 1 aliphatic heterocycles. The van der Waals surface area contributed by atoms with E-state index in [1.165, 1.54) is 54.0 Å². The quantitative estimate of drug-likeness (QED) is 0.483. The van der Waals surface area contributed by atoms with Crippen molar-refractivity contribution in [3.63, 3.8) is 0 Å². The number of hydrogen-bond donors (Lipinski definition) is 0. The molecule has 0 amide bonds. The Morgan fingerprint density at radius 2 is 1.63 bits per heavy atom. The molecule has 0 aliphatic carbocycles. The third-order valence-electron chi connectivity index (χ3n) is 6.73. The van der Waals surface area contributed by atoms with Crippen molar-refractivity contribution >= 4 is 22.6 Å². The molecule has 3 aromatic rings. The van der Waals surface area contributed by atoms with Gasteiger partial charge in [-0.25, -0.2) is 4.98 Å². The topological polar surface area (TPSA) is 21.1 Å². The van der Waals surface area contributed by atoms with Crippen molar-refractivity contribution in [3.05, 3.63) is 63.9 Å². The van der Waals surface area contributed by atoms with E-state index in [4.69, 9.17) is 16.6 Å². The van der Waals surface area contributed by atoms with Crippen LogP contribution in [0.25, 0.3) is 11.0 Å². The molecule has 0 spiro atoms. The molecule has 2 aromatic carbocycles. The summed E-state index contributed by atoms with van der Waals surface area (Å²) in [5.74, 6) is 1.92. The van der Waals surface area contributed by atoms with E-state index in [1.807, 2.05) is 12.1 Å². The van der Waals surface area contributed by atoms with Gasteiger partial charge in [-0.2, -0.15) is 0 Å². The summed E-state index contributed by atoms with van der Waals surface area (Å²) >= 11 is 6.11. The van der Waals surface area contributed by atoms with Crippen molar-refractivity contribution in [1.29, 1.82) is 0 Å². The minimum absolute atomic E-state index is 0.266. The van der Waals surface area contributed by atoms with Crippen molar-refractivity contribution in [1.82, 2.24) is 14.5 Å². The largest absolute Gasteiger partial charge is 0.323 e. The minimum Gasteiger partial charge on any atom is -0.323 e. The maximum atomic E-state index is 6.11. The van der Waals surface area contributed by atoms with E-state index in [0.717, 1.165) is 23.5 Å². The number of aryl methyl sites for hydroxylation is 2. The van der Waals surface area contributed by atoms with Crippen LogP contribution in [-0.4, -0.2) is 33.1 Å². The number of benzene rings is 2. The number of nitrogens with zero attached hydrogens (tertiary/aromatic N) is 3. The highest BCUT2D eigenvalue weighted by atomic mass is 35.5. The van der Waals surface area contributed by atoms with E-state index in [0.29, 0.717) is 5.92 Å². The van der Waals surface area contributed by atoms with E-state index < -0.39 is 0 Å². The van der Waals surface area contributed by atoms with Crippen LogP contribution >= 0.6 is 11.6 Å². The summed E-state index contributed by atoms with van der Waals surface area (Å²) in [4.78, 5) is 7.73. The molecule has 30 heavy (non-hydrogen) atoms. The van der Waals surface area contributed by atoms with Gasteiger partial charge in [-0.3, -0.25) is 4.90 Å². The van der Waals surface area contributed by atoms with Crippen molar-refractivity contribution in [2.24, 2.45) is 5.92 Å². The molecule has 3 nitrogen and oxygen atoms in total. The zero-order valence-electron chi connectivity index (χ0n) is 19.0. The zero-order valence-corrected chi connectivity index (χ0v) is 19.8. The van der Waals surface area contributed by atoms with Crippen molar-refractivity contribution in [2.75, 3.05) is 13.1 Å². The number of imidazole rings is 1. The predicted octanol–water partition coefficient (Wildman–Crippen LogP) is 6.41. The van der Waals surface area contributed by atoms with Gasteiger partial charge in [0.2, 0.25) is 0 Å². The molecule has 1 aliphatic rings. The highest BCUT2D eigenvalue weighted by Gasteiger charge is 2.28. The van der Waals surface area contributed by atoms with Gasteiger partial charge in [-0.15, -0.1) is 0 Å². The van der Waals surface area contributed by atoms with Crippen LogP contribution in [0.5, 0.6) is 0 Å². The van der Waals surface area contributed by atoms with Crippen LogP contribution in [0, 0.1) is 19.8 Å². The number of rotatable bonds is 4. The number of halogens is 1. The first-order valence-electron chi connectivity index (χ1n) is 11.2. The second-order valence-electron chi connectivity index (χ2n) is 9.97. The molecule has 1 aromatic heterocycles. The molecule has 1 saturated heterocycles. The Labute approximate surface area is 186 Å². The molecule has 1 fully saturated rings. The summed E-state index contributed by atoms with van der Waals surface area (Å²) in [5.41, 5.74) is 6.53. The molecule has 0 radical (unpaired) electrons. The normalized spacial score (nSPS) is 16.5. The van der Waals surface area contributed by atoms with Gasteiger partial charge < -0.3 is 4.57 Å². The lowest BCUT2D eigenvalue weighted by Crippen LogP contribution is -2.46. The zero-order chi connectivity index (χ0) is 21.5. The van der Waals surface area contributed by atoms with Gasteiger partial charge in [0, 0.05) is 23.5 Å². The van der Waals surface area contributed by atoms with Gasteiger partial charge >= 0.3 is 0 Å². The molecule has 4 rings (SSSR count). The van der Waals surface area contributed by atoms with Gasteiger partial charge in [0.25, 0.3) is 0 Å². The maximum absolute atomic E-state index is 6.11. The fourth-order valence-electron chi connectivity index (χ4n) is 4.60. The molecule has 0 atom stereocenters. The average molecular weight is 424 g/mol. The smallest absolute Gasteiger partial charge is 0.110 e. The van der Waals surface area contributed by atoms with Crippen LogP contribution in [-0.2, 0) is 13.0 Å². The Kier molecular flexibility index (Phi) is 5.96.